The van der Waals surface area contributed by atoms with Crippen LogP contribution in [0.2, 0.25) is 0 Å². The van der Waals surface area contributed by atoms with Crippen molar-refractivity contribution in [1.82, 2.24) is 20.8 Å². The Bertz CT molecular complexity index is 665. The van der Waals surface area contributed by atoms with Crippen LogP contribution in [0.3, 0.4) is 0 Å². The number of aliphatic hydroxyl groups excluding tert-OH is 1. The summed E-state index contributed by atoms with van der Waals surface area (Å²) in [5.41, 5.74) is 16.6. The average molecular weight is 401 g/mol. The van der Waals surface area contributed by atoms with Crippen molar-refractivity contribution in [2.24, 2.45) is 17.2 Å². The van der Waals surface area contributed by atoms with Crippen LogP contribution in [0.5, 0.6) is 0 Å². The SMILES string of the molecule is C[C@H](O)[C@H](NC(=O)N[C@@H](CC(N)=O)c1nc([C@@H](N)CCCCN)no1)C(=O)O. The zero-order chi connectivity index (χ0) is 21.3. The Morgan fingerprint density at radius 2 is 1.93 bits per heavy atom. The minimum absolute atomic E-state index is 0.109. The average Bonchev–Trinajstić information content (AvgIpc) is 3.08. The molecule has 0 fully saturated rings. The second kappa shape index (κ2) is 11.2. The molecule has 13 heteroatoms. The molecule has 28 heavy (non-hydrogen) atoms. The van der Waals surface area contributed by atoms with Gasteiger partial charge in [0.15, 0.2) is 11.9 Å². The summed E-state index contributed by atoms with van der Waals surface area (Å²) in [7, 11) is 0. The first kappa shape index (κ1) is 23.3. The summed E-state index contributed by atoms with van der Waals surface area (Å²) < 4.78 is 5.07. The molecule has 0 aliphatic rings. The van der Waals surface area contributed by atoms with E-state index >= 15 is 0 Å². The highest BCUT2D eigenvalue weighted by molar-refractivity contribution is 5.83. The molecule has 1 rings (SSSR count). The van der Waals surface area contributed by atoms with E-state index in [-0.39, 0.29) is 18.1 Å². The number of nitrogens with zero attached hydrogens (tertiary/aromatic N) is 2. The van der Waals surface area contributed by atoms with Crippen molar-refractivity contribution in [1.29, 1.82) is 0 Å². The third-order valence-corrected chi connectivity index (χ3v) is 3.80. The summed E-state index contributed by atoms with van der Waals surface area (Å²) >= 11 is 0. The number of nitrogens with one attached hydrogen (secondary N) is 2. The van der Waals surface area contributed by atoms with Gasteiger partial charge in [-0.25, -0.2) is 9.59 Å². The number of unbranched alkanes of at least 4 members (excludes halogenated alkanes) is 1. The lowest BCUT2D eigenvalue weighted by molar-refractivity contribution is -0.141. The lowest BCUT2D eigenvalue weighted by atomic mass is 10.1. The number of aliphatic carboxylic acids is 1. The van der Waals surface area contributed by atoms with Gasteiger partial charge < -0.3 is 42.6 Å². The molecular weight excluding hydrogens is 374 g/mol. The maximum atomic E-state index is 12.1. The quantitative estimate of drug-likeness (QED) is 0.195. The van der Waals surface area contributed by atoms with Crippen molar-refractivity contribution in [3.63, 3.8) is 0 Å². The van der Waals surface area contributed by atoms with Gasteiger partial charge in [0.05, 0.1) is 18.6 Å². The molecule has 158 valence electrons. The number of primary amides is 1. The van der Waals surface area contributed by atoms with E-state index in [1.807, 2.05) is 0 Å². The molecule has 0 unspecified atom stereocenters. The van der Waals surface area contributed by atoms with Gasteiger partial charge in [0.1, 0.15) is 6.04 Å². The topological polar surface area (TPSA) is 233 Å². The molecule has 0 aliphatic carbocycles. The number of carboxylic acid groups (broad SMARTS) is 1. The summed E-state index contributed by atoms with van der Waals surface area (Å²) in [5.74, 6) is -2.11. The van der Waals surface area contributed by atoms with E-state index in [9.17, 15) is 19.5 Å². The van der Waals surface area contributed by atoms with Crippen LogP contribution in [-0.2, 0) is 9.59 Å². The molecule has 1 aromatic rings. The van der Waals surface area contributed by atoms with E-state index in [1.54, 1.807) is 0 Å². The van der Waals surface area contributed by atoms with Crippen LogP contribution in [0.4, 0.5) is 4.79 Å². The molecule has 0 saturated carbocycles. The number of aromatic nitrogens is 2. The molecule has 0 aliphatic heterocycles. The number of urea groups is 1. The van der Waals surface area contributed by atoms with Crippen molar-refractivity contribution >= 4 is 17.9 Å². The monoisotopic (exact) mass is 401 g/mol. The van der Waals surface area contributed by atoms with Crippen LogP contribution in [0, 0.1) is 0 Å². The van der Waals surface area contributed by atoms with E-state index in [2.05, 4.69) is 20.8 Å². The molecule has 0 bridgehead atoms. The number of carbonyl (C=O) groups is 3. The van der Waals surface area contributed by atoms with E-state index in [0.717, 1.165) is 12.8 Å². The highest BCUT2D eigenvalue weighted by Gasteiger charge is 2.29. The molecule has 13 nitrogen and oxygen atoms in total. The van der Waals surface area contributed by atoms with Crippen LogP contribution >= 0.6 is 0 Å². The van der Waals surface area contributed by atoms with E-state index in [1.165, 1.54) is 6.92 Å². The molecule has 1 heterocycles. The van der Waals surface area contributed by atoms with Gasteiger partial charge in [0, 0.05) is 0 Å². The molecular formula is C15H27N7O6. The first-order chi connectivity index (χ1) is 13.1. The highest BCUT2D eigenvalue weighted by atomic mass is 16.5. The van der Waals surface area contributed by atoms with Crippen molar-refractivity contribution in [2.75, 3.05) is 6.54 Å². The van der Waals surface area contributed by atoms with Crippen LogP contribution in [0.25, 0.3) is 0 Å². The Labute approximate surface area is 161 Å². The maximum absolute atomic E-state index is 12.1. The summed E-state index contributed by atoms with van der Waals surface area (Å²) in [5, 5.41) is 26.6. The van der Waals surface area contributed by atoms with Gasteiger partial charge in [-0.15, -0.1) is 0 Å². The molecule has 10 N–H and O–H groups in total. The van der Waals surface area contributed by atoms with Gasteiger partial charge in [-0.05, 0) is 26.3 Å². The Balaban J connectivity index is 2.84. The fourth-order valence-corrected chi connectivity index (χ4v) is 2.31. The number of hydrogen-bond donors (Lipinski definition) is 7. The highest BCUT2D eigenvalue weighted by Crippen LogP contribution is 2.19. The van der Waals surface area contributed by atoms with Crippen molar-refractivity contribution in [2.45, 2.75) is 56.8 Å². The lowest BCUT2D eigenvalue weighted by Crippen LogP contribution is -2.52. The fourth-order valence-electron chi connectivity index (χ4n) is 2.31. The van der Waals surface area contributed by atoms with Crippen molar-refractivity contribution in [3.05, 3.63) is 11.7 Å². The van der Waals surface area contributed by atoms with Crippen molar-refractivity contribution < 1.29 is 29.1 Å². The first-order valence-corrected chi connectivity index (χ1v) is 8.71. The van der Waals surface area contributed by atoms with E-state index in [0.29, 0.717) is 13.0 Å². The Morgan fingerprint density at radius 1 is 1.25 bits per heavy atom. The van der Waals surface area contributed by atoms with E-state index in [4.69, 9.17) is 26.8 Å². The number of aliphatic hydroxyl groups is 1. The Kier molecular flexibility index (Phi) is 9.27. The lowest BCUT2D eigenvalue weighted by Gasteiger charge is -2.19. The molecule has 3 amide bonds. The fraction of sp³-hybridized carbons (Fsp3) is 0.667. The molecule has 0 spiro atoms. The number of rotatable bonds is 12. The number of amides is 3. The standard InChI is InChI=1S/C15H27N7O6/c1-7(23)11(14(25)26)20-15(27)19-9(6-10(18)24)13-21-12(22-28-13)8(17)4-2-3-5-16/h7-9,11,23H,2-6,16-17H2,1H3,(H2,18,24)(H,25,26)(H2,19,20,27)/t7-,8-,9-,11-/m0/s1. The zero-order valence-corrected chi connectivity index (χ0v) is 15.5. The minimum atomic E-state index is -1.55. The van der Waals surface area contributed by atoms with Crippen molar-refractivity contribution in [3.8, 4) is 0 Å². The minimum Gasteiger partial charge on any atom is -0.480 e. The third-order valence-electron chi connectivity index (χ3n) is 3.80. The number of nitrogens with two attached hydrogens (primary N) is 3. The summed E-state index contributed by atoms with van der Waals surface area (Å²) in [6.45, 7) is 1.74. The summed E-state index contributed by atoms with van der Waals surface area (Å²) in [6, 6.07) is -4.13. The van der Waals surface area contributed by atoms with Crippen LogP contribution in [-0.4, -0.2) is 57.0 Å². The largest absolute Gasteiger partial charge is 0.480 e. The third kappa shape index (κ3) is 7.46. The number of carboxylic acids is 1. The van der Waals surface area contributed by atoms with Gasteiger partial charge in [-0.3, -0.25) is 4.79 Å². The van der Waals surface area contributed by atoms with Gasteiger partial charge in [-0.1, -0.05) is 11.6 Å². The van der Waals surface area contributed by atoms with Gasteiger partial charge >= 0.3 is 12.0 Å². The van der Waals surface area contributed by atoms with Crippen LogP contribution < -0.4 is 27.8 Å². The summed E-state index contributed by atoms with van der Waals surface area (Å²) in [4.78, 5) is 38.5. The van der Waals surface area contributed by atoms with Gasteiger partial charge in [-0.2, -0.15) is 4.98 Å². The molecule has 0 aromatic carbocycles. The molecule has 0 radical (unpaired) electrons. The predicted molar refractivity (Wildman–Crippen MR) is 95.5 cm³/mol. The van der Waals surface area contributed by atoms with Gasteiger partial charge in [0.2, 0.25) is 11.8 Å². The molecule has 1 aromatic heterocycles. The second-order valence-corrected chi connectivity index (χ2v) is 6.28. The molecule has 0 saturated heterocycles. The predicted octanol–water partition coefficient (Wildman–Crippen LogP) is -1.75. The smallest absolute Gasteiger partial charge is 0.328 e. The van der Waals surface area contributed by atoms with Crippen LogP contribution in [0.15, 0.2) is 4.52 Å². The molecule has 4 atom stereocenters. The first-order valence-electron chi connectivity index (χ1n) is 8.71. The van der Waals surface area contributed by atoms with E-state index < -0.39 is 42.1 Å². The maximum Gasteiger partial charge on any atom is 0.328 e. The Hall–Kier alpha value is -2.77. The van der Waals surface area contributed by atoms with Gasteiger partial charge in [0.25, 0.3) is 0 Å². The zero-order valence-electron chi connectivity index (χ0n) is 15.5. The summed E-state index contributed by atoms with van der Waals surface area (Å²) in [6.07, 6.45) is 0.407. The second-order valence-electron chi connectivity index (χ2n) is 6.28. The number of hydrogen-bond acceptors (Lipinski definition) is 9. The number of carbonyl (C=O) groups excluding carboxylic acids is 2. The normalized spacial score (nSPS) is 15.3. The Morgan fingerprint density at radius 3 is 2.46 bits per heavy atom. The van der Waals surface area contributed by atoms with Crippen LogP contribution in [0.1, 0.15) is 56.4 Å².